The summed E-state index contributed by atoms with van der Waals surface area (Å²) in [7, 11) is 1.56. The highest BCUT2D eigenvalue weighted by molar-refractivity contribution is 6.09. The zero-order chi connectivity index (χ0) is 25.8. The summed E-state index contributed by atoms with van der Waals surface area (Å²) in [6.07, 6.45) is 0.816. The summed E-state index contributed by atoms with van der Waals surface area (Å²) in [5, 5.41) is 2.72. The first-order valence-corrected chi connectivity index (χ1v) is 11.8. The van der Waals surface area contributed by atoms with Gasteiger partial charge in [0, 0.05) is 5.71 Å². The number of rotatable bonds is 8. The second kappa shape index (κ2) is 10.7. The Morgan fingerprint density at radius 2 is 1.86 bits per heavy atom. The Bertz CT molecular complexity index is 1360. The van der Waals surface area contributed by atoms with Crippen LogP contribution in [0.25, 0.3) is 0 Å². The van der Waals surface area contributed by atoms with E-state index in [2.05, 4.69) is 10.3 Å². The minimum atomic E-state index is -0.931. The van der Waals surface area contributed by atoms with Gasteiger partial charge in [0.15, 0.2) is 11.5 Å². The molecule has 2 heterocycles. The van der Waals surface area contributed by atoms with Crippen LogP contribution in [0.2, 0.25) is 0 Å². The third kappa shape index (κ3) is 5.55. The van der Waals surface area contributed by atoms with Crippen molar-refractivity contribution in [2.24, 2.45) is 10.9 Å². The zero-order valence-electron chi connectivity index (χ0n) is 20.1. The lowest BCUT2D eigenvalue weighted by Crippen LogP contribution is -2.45. The van der Waals surface area contributed by atoms with Crippen LogP contribution in [-0.2, 0) is 22.6 Å². The first-order chi connectivity index (χ1) is 18.0. The Labute approximate surface area is 213 Å². The fourth-order valence-corrected chi connectivity index (χ4v) is 4.48. The number of hydrogen-bond acceptors (Lipinski definition) is 6. The number of carbonyl (C=O) groups is 2. The molecule has 0 aliphatic carbocycles. The van der Waals surface area contributed by atoms with Crippen LogP contribution in [-0.4, -0.2) is 31.6 Å². The van der Waals surface area contributed by atoms with Crippen LogP contribution in [0.4, 0.5) is 9.18 Å². The maximum absolute atomic E-state index is 14.1. The lowest BCUT2D eigenvalue weighted by Gasteiger charge is -2.31. The lowest BCUT2D eigenvalue weighted by atomic mass is 9.85. The molecule has 0 radical (unpaired) electrons. The Balaban J connectivity index is 1.39. The normalized spacial score (nSPS) is 18.1. The van der Waals surface area contributed by atoms with Crippen molar-refractivity contribution in [1.82, 2.24) is 5.32 Å². The van der Waals surface area contributed by atoms with Crippen molar-refractivity contribution in [1.29, 1.82) is 0 Å². The molecule has 2 aliphatic rings. The van der Waals surface area contributed by atoms with Gasteiger partial charge in [-0.1, -0.05) is 30.3 Å². The Hall–Kier alpha value is -4.40. The molecule has 9 heteroatoms. The van der Waals surface area contributed by atoms with E-state index in [0.29, 0.717) is 41.4 Å². The summed E-state index contributed by atoms with van der Waals surface area (Å²) < 4.78 is 35.8. The van der Waals surface area contributed by atoms with E-state index >= 15 is 0 Å². The second-order valence-electron chi connectivity index (χ2n) is 8.71. The molecule has 0 fully saturated rings. The maximum atomic E-state index is 14.1. The number of esters is 1. The molecular formula is C28H25FN2O6. The van der Waals surface area contributed by atoms with E-state index in [9.17, 15) is 14.0 Å². The molecule has 5 rings (SSSR count). The number of amides is 2. The van der Waals surface area contributed by atoms with Gasteiger partial charge in [0.25, 0.3) is 0 Å². The molecule has 0 aromatic heterocycles. The molecule has 190 valence electrons. The van der Waals surface area contributed by atoms with Crippen LogP contribution in [0.15, 0.2) is 71.7 Å². The number of urea groups is 1. The van der Waals surface area contributed by atoms with Crippen LogP contribution in [0.1, 0.15) is 29.2 Å². The molecule has 3 aromatic rings. The average molecular weight is 505 g/mol. The van der Waals surface area contributed by atoms with Crippen molar-refractivity contribution in [2.45, 2.75) is 25.5 Å². The molecule has 2 amide bonds. The monoisotopic (exact) mass is 504 g/mol. The number of methoxy groups -OCH3 is 1. The molecule has 8 nitrogen and oxygen atoms in total. The molecule has 3 aromatic carbocycles. The molecule has 0 spiro atoms. The van der Waals surface area contributed by atoms with Gasteiger partial charge in [-0.15, -0.1) is 0 Å². The first-order valence-electron chi connectivity index (χ1n) is 11.8. The van der Waals surface area contributed by atoms with Gasteiger partial charge in [0.2, 0.25) is 6.79 Å². The van der Waals surface area contributed by atoms with E-state index < -0.39 is 29.8 Å². The quantitative estimate of drug-likeness (QED) is 0.445. The number of aliphatic imine (C=N–C) groups is 1. The third-order valence-corrected chi connectivity index (χ3v) is 6.30. The van der Waals surface area contributed by atoms with Gasteiger partial charge in [0.1, 0.15) is 24.1 Å². The first kappa shape index (κ1) is 24.3. The number of nitrogens with one attached hydrogen (secondary N) is 1. The van der Waals surface area contributed by atoms with Gasteiger partial charge in [-0.2, -0.15) is 0 Å². The van der Waals surface area contributed by atoms with Crippen molar-refractivity contribution in [3.05, 3.63) is 89.2 Å². The Kier molecular flexibility index (Phi) is 7.02. The van der Waals surface area contributed by atoms with Gasteiger partial charge in [0.05, 0.1) is 13.2 Å². The van der Waals surface area contributed by atoms with Gasteiger partial charge in [-0.25, -0.2) is 14.2 Å². The molecule has 0 saturated heterocycles. The fourth-order valence-electron chi connectivity index (χ4n) is 4.48. The van der Waals surface area contributed by atoms with E-state index in [-0.39, 0.29) is 13.4 Å². The van der Waals surface area contributed by atoms with E-state index in [1.165, 1.54) is 18.2 Å². The van der Waals surface area contributed by atoms with E-state index in [1.54, 1.807) is 31.4 Å². The van der Waals surface area contributed by atoms with Crippen LogP contribution in [0.3, 0.4) is 0 Å². The number of carbonyl (C=O) groups excluding carboxylic acids is 2. The van der Waals surface area contributed by atoms with Crippen LogP contribution >= 0.6 is 0 Å². The van der Waals surface area contributed by atoms with Crippen LogP contribution < -0.4 is 19.5 Å². The molecule has 1 N–H and O–H groups in total. The number of nitrogens with zero attached hydrogens (tertiary/aromatic N) is 1. The van der Waals surface area contributed by atoms with E-state index in [0.717, 1.165) is 11.1 Å². The van der Waals surface area contributed by atoms with Gasteiger partial charge in [-0.05, 0) is 65.9 Å². The fraction of sp³-hybridized carbons (Fsp3) is 0.250. The predicted octanol–water partition coefficient (Wildman–Crippen LogP) is 4.76. The van der Waals surface area contributed by atoms with Crippen molar-refractivity contribution in [2.75, 3.05) is 13.9 Å². The Morgan fingerprint density at radius 3 is 2.70 bits per heavy atom. The number of hydrogen-bond donors (Lipinski definition) is 1. The minimum Gasteiger partial charge on any atom is -0.497 e. The number of benzene rings is 3. The highest BCUT2D eigenvalue weighted by Crippen LogP contribution is 2.34. The van der Waals surface area contributed by atoms with E-state index in [4.69, 9.17) is 18.9 Å². The topological polar surface area (TPSA) is 95.5 Å². The summed E-state index contributed by atoms with van der Waals surface area (Å²) in [5.74, 6) is -0.0154. The molecule has 0 saturated carbocycles. The van der Waals surface area contributed by atoms with Crippen molar-refractivity contribution in [3.8, 4) is 17.2 Å². The molecule has 37 heavy (non-hydrogen) atoms. The molecule has 0 bridgehead atoms. The lowest BCUT2D eigenvalue weighted by molar-refractivity contribution is -0.148. The molecule has 2 unspecified atom stereocenters. The molecule has 2 aliphatic heterocycles. The summed E-state index contributed by atoms with van der Waals surface area (Å²) in [4.78, 5) is 30.1. The van der Waals surface area contributed by atoms with Crippen molar-refractivity contribution in [3.63, 3.8) is 0 Å². The van der Waals surface area contributed by atoms with Crippen LogP contribution in [0.5, 0.6) is 17.2 Å². The maximum Gasteiger partial charge on any atom is 0.341 e. The van der Waals surface area contributed by atoms with E-state index in [1.807, 2.05) is 24.3 Å². The molecule has 2 atom stereocenters. The highest BCUT2D eigenvalue weighted by Gasteiger charge is 2.39. The zero-order valence-corrected chi connectivity index (χ0v) is 20.1. The number of ether oxygens (including phenoxy) is 4. The predicted molar refractivity (Wildman–Crippen MR) is 132 cm³/mol. The summed E-state index contributed by atoms with van der Waals surface area (Å²) in [6.45, 7) is 0.175. The largest absolute Gasteiger partial charge is 0.497 e. The average Bonchev–Trinajstić information content (AvgIpc) is 3.38. The Morgan fingerprint density at radius 1 is 1.03 bits per heavy atom. The summed E-state index contributed by atoms with van der Waals surface area (Å²) in [6, 6.07) is 17.2. The number of halogens is 1. The summed E-state index contributed by atoms with van der Waals surface area (Å²) >= 11 is 0. The molecular weight excluding hydrogens is 479 g/mol. The highest BCUT2D eigenvalue weighted by atomic mass is 19.1. The van der Waals surface area contributed by atoms with Crippen molar-refractivity contribution < 1.29 is 32.9 Å². The third-order valence-electron chi connectivity index (χ3n) is 6.30. The van der Waals surface area contributed by atoms with Gasteiger partial charge >= 0.3 is 12.0 Å². The minimum absolute atomic E-state index is 0.00575. The standard InChI is InChI=1S/C28H25FN2O6/c1-34-21-7-2-4-18(12-21)15-35-27(32)25-22(10-8-17-9-11-23-24(13-17)37-16-36-23)30-28(33)31-26(25)19-5-3-6-20(29)14-19/h2-7,9,11-14,25-26H,8,10,15-16H2,1H3,(H,31,33). The second-order valence-corrected chi connectivity index (χ2v) is 8.71. The SMILES string of the molecule is COc1cccc(COC(=O)C2C(CCc3ccc4c(c3)OCO4)=NC(=O)NC2c2cccc(F)c2)c1. The smallest absolute Gasteiger partial charge is 0.341 e. The number of aryl methyl sites for hydroxylation is 1. The van der Waals surface area contributed by atoms with Gasteiger partial charge < -0.3 is 24.3 Å². The van der Waals surface area contributed by atoms with Crippen LogP contribution in [0, 0.1) is 11.7 Å². The van der Waals surface area contributed by atoms with Gasteiger partial charge in [-0.3, -0.25) is 4.79 Å². The summed E-state index contributed by atoms with van der Waals surface area (Å²) in [5.41, 5.74) is 2.50. The number of fused-ring (bicyclic) bond motifs is 1. The van der Waals surface area contributed by atoms with Crippen molar-refractivity contribution >= 4 is 17.7 Å².